The number of amides is 1. The van der Waals surface area contributed by atoms with Crippen molar-refractivity contribution in [2.75, 3.05) is 18.9 Å². The van der Waals surface area contributed by atoms with Crippen molar-refractivity contribution < 1.29 is 4.79 Å². The van der Waals surface area contributed by atoms with Gasteiger partial charge in [-0.2, -0.15) is 5.26 Å². The first-order valence-corrected chi connectivity index (χ1v) is 8.65. The van der Waals surface area contributed by atoms with Crippen molar-refractivity contribution >= 4 is 11.7 Å². The molecule has 0 saturated heterocycles. The average Bonchev–Trinajstić information content (AvgIpc) is 3.42. The van der Waals surface area contributed by atoms with Crippen LogP contribution < -0.4 is 5.32 Å². The Bertz CT molecular complexity index is 812. The lowest BCUT2D eigenvalue weighted by molar-refractivity contribution is -0.117. The quantitative estimate of drug-likeness (QED) is 0.882. The van der Waals surface area contributed by atoms with Crippen molar-refractivity contribution in [1.82, 2.24) is 9.47 Å². The van der Waals surface area contributed by atoms with E-state index in [-0.39, 0.29) is 5.91 Å². The molecule has 1 saturated carbocycles. The van der Waals surface area contributed by atoms with Crippen molar-refractivity contribution in [3.8, 4) is 6.07 Å². The van der Waals surface area contributed by atoms with Crippen LogP contribution in [-0.4, -0.2) is 35.0 Å². The Hall–Kier alpha value is -2.58. The highest BCUT2D eigenvalue weighted by Crippen LogP contribution is 2.28. The molecule has 0 spiro atoms. The monoisotopic (exact) mass is 336 g/mol. The second kappa shape index (κ2) is 7.12. The SMILES string of the molecule is Cc1c(C#N)c(NC(=O)CN(C)C2CC2)n(Cc2ccccc2)c1C. The standard InChI is InChI=1S/C20H24N4O/c1-14-15(2)24(12-16-7-5-4-6-8-16)20(18(14)11-21)22-19(25)13-23(3)17-9-10-17/h4-8,17H,9-10,12-13H2,1-3H3,(H,22,25). The number of rotatable bonds is 6. The smallest absolute Gasteiger partial charge is 0.239 e. The van der Waals surface area contributed by atoms with Gasteiger partial charge in [0, 0.05) is 18.3 Å². The summed E-state index contributed by atoms with van der Waals surface area (Å²) in [6, 6.07) is 12.9. The molecule has 5 heteroatoms. The van der Waals surface area contributed by atoms with Crippen molar-refractivity contribution in [1.29, 1.82) is 5.26 Å². The van der Waals surface area contributed by atoms with Gasteiger partial charge in [-0.15, -0.1) is 0 Å². The maximum atomic E-state index is 12.5. The molecule has 1 aliphatic carbocycles. The number of nitrogens with zero attached hydrogens (tertiary/aromatic N) is 3. The van der Waals surface area contributed by atoms with Crippen LogP contribution in [0.25, 0.3) is 0 Å². The molecule has 25 heavy (non-hydrogen) atoms. The van der Waals surface area contributed by atoms with Gasteiger partial charge in [-0.05, 0) is 44.9 Å². The number of hydrogen-bond acceptors (Lipinski definition) is 3. The molecule has 1 amide bonds. The topological polar surface area (TPSA) is 61.1 Å². The predicted octanol–water partition coefficient (Wildman–Crippen LogP) is 3.06. The summed E-state index contributed by atoms with van der Waals surface area (Å²) in [5.74, 6) is 0.535. The largest absolute Gasteiger partial charge is 0.326 e. The molecule has 3 rings (SSSR count). The number of anilines is 1. The Morgan fingerprint density at radius 3 is 2.60 bits per heavy atom. The van der Waals surface area contributed by atoms with Crippen LogP contribution in [-0.2, 0) is 11.3 Å². The fourth-order valence-electron chi connectivity index (χ4n) is 3.14. The van der Waals surface area contributed by atoms with Crippen LogP contribution >= 0.6 is 0 Å². The number of likely N-dealkylation sites (N-methyl/N-ethyl adjacent to an activating group) is 1. The number of benzene rings is 1. The highest BCUT2D eigenvalue weighted by molar-refractivity contribution is 5.93. The minimum absolute atomic E-state index is 0.0716. The van der Waals surface area contributed by atoms with Gasteiger partial charge in [0.25, 0.3) is 0 Å². The highest BCUT2D eigenvalue weighted by atomic mass is 16.2. The lowest BCUT2D eigenvalue weighted by Crippen LogP contribution is -2.32. The Morgan fingerprint density at radius 1 is 1.32 bits per heavy atom. The van der Waals surface area contributed by atoms with Crippen molar-refractivity contribution in [3.63, 3.8) is 0 Å². The summed E-state index contributed by atoms with van der Waals surface area (Å²) in [5, 5.41) is 12.6. The normalized spacial score (nSPS) is 13.7. The summed E-state index contributed by atoms with van der Waals surface area (Å²) in [5.41, 5.74) is 3.61. The molecule has 0 atom stereocenters. The molecule has 1 heterocycles. The van der Waals surface area contributed by atoms with E-state index in [2.05, 4.69) is 16.3 Å². The van der Waals surface area contributed by atoms with Gasteiger partial charge in [0.2, 0.25) is 5.91 Å². The van der Waals surface area contributed by atoms with Gasteiger partial charge in [-0.25, -0.2) is 0 Å². The molecule has 0 radical (unpaired) electrons. The maximum Gasteiger partial charge on any atom is 0.239 e. The molecule has 0 unspecified atom stereocenters. The maximum absolute atomic E-state index is 12.5. The number of hydrogen-bond donors (Lipinski definition) is 1. The minimum Gasteiger partial charge on any atom is -0.326 e. The second-order valence-electron chi connectivity index (χ2n) is 6.81. The van der Waals surface area contributed by atoms with Gasteiger partial charge in [-0.3, -0.25) is 9.69 Å². The third-order valence-corrected chi connectivity index (χ3v) is 4.95. The third-order valence-electron chi connectivity index (χ3n) is 4.95. The number of carbonyl (C=O) groups is 1. The summed E-state index contributed by atoms with van der Waals surface area (Å²) in [6.07, 6.45) is 2.33. The summed E-state index contributed by atoms with van der Waals surface area (Å²) < 4.78 is 2.03. The van der Waals surface area contributed by atoms with Gasteiger partial charge in [0.1, 0.15) is 11.9 Å². The van der Waals surface area contributed by atoms with Crippen molar-refractivity contribution in [3.05, 3.63) is 52.7 Å². The summed E-state index contributed by atoms with van der Waals surface area (Å²) in [4.78, 5) is 14.5. The second-order valence-corrected chi connectivity index (χ2v) is 6.81. The van der Waals surface area contributed by atoms with E-state index >= 15 is 0 Å². The summed E-state index contributed by atoms with van der Waals surface area (Å²) in [7, 11) is 1.97. The first-order valence-electron chi connectivity index (χ1n) is 8.65. The molecule has 0 bridgehead atoms. The Morgan fingerprint density at radius 2 is 2.00 bits per heavy atom. The average molecular weight is 336 g/mol. The molecule has 2 aromatic rings. The molecule has 130 valence electrons. The predicted molar refractivity (Wildman–Crippen MR) is 98.4 cm³/mol. The number of nitriles is 1. The van der Waals surface area contributed by atoms with Crippen LogP contribution in [0.15, 0.2) is 30.3 Å². The van der Waals surface area contributed by atoms with Crippen molar-refractivity contribution in [2.45, 2.75) is 39.3 Å². The lowest BCUT2D eigenvalue weighted by Gasteiger charge is -2.17. The van der Waals surface area contributed by atoms with E-state index in [9.17, 15) is 10.1 Å². The van der Waals surface area contributed by atoms with Crippen LogP contribution in [0.5, 0.6) is 0 Å². The van der Waals surface area contributed by atoms with E-state index < -0.39 is 0 Å². The number of nitrogens with one attached hydrogen (secondary N) is 1. The molecular formula is C20H24N4O. The van der Waals surface area contributed by atoms with Gasteiger partial charge in [0.05, 0.1) is 12.1 Å². The highest BCUT2D eigenvalue weighted by Gasteiger charge is 2.28. The van der Waals surface area contributed by atoms with E-state index in [1.54, 1.807) is 0 Å². The van der Waals surface area contributed by atoms with Crippen LogP contribution in [0.1, 0.15) is 35.2 Å². The molecule has 1 aromatic heterocycles. The van der Waals surface area contributed by atoms with E-state index in [0.717, 1.165) is 29.7 Å². The molecule has 1 aromatic carbocycles. The van der Waals surface area contributed by atoms with Crippen LogP contribution in [0.2, 0.25) is 0 Å². The van der Waals surface area contributed by atoms with Gasteiger partial charge in [-0.1, -0.05) is 30.3 Å². The van der Waals surface area contributed by atoms with E-state index in [1.165, 1.54) is 0 Å². The van der Waals surface area contributed by atoms with E-state index in [0.29, 0.717) is 30.5 Å². The summed E-state index contributed by atoms with van der Waals surface area (Å²) >= 11 is 0. The first-order chi connectivity index (χ1) is 12.0. The third kappa shape index (κ3) is 3.75. The zero-order valence-corrected chi connectivity index (χ0v) is 15.0. The van der Waals surface area contributed by atoms with E-state index in [4.69, 9.17) is 0 Å². The minimum atomic E-state index is -0.0716. The van der Waals surface area contributed by atoms with Gasteiger partial charge >= 0.3 is 0 Å². The number of carbonyl (C=O) groups excluding carboxylic acids is 1. The zero-order valence-electron chi connectivity index (χ0n) is 15.0. The Balaban J connectivity index is 1.86. The summed E-state index contributed by atoms with van der Waals surface area (Å²) in [6.45, 7) is 4.90. The molecule has 0 aliphatic heterocycles. The van der Waals surface area contributed by atoms with Gasteiger partial charge in [0.15, 0.2) is 0 Å². The lowest BCUT2D eigenvalue weighted by atomic mass is 10.2. The Labute approximate surface area is 148 Å². The molecule has 1 fully saturated rings. The first kappa shape index (κ1) is 17.2. The van der Waals surface area contributed by atoms with E-state index in [1.807, 2.05) is 55.8 Å². The fraction of sp³-hybridized carbons (Fsp3) is 0.400. The zero-order chi connectivity index (χ0) is 18.0. The van der Waals surface area contributed by atoms with Crippen molar-refractivity contribution in [2.24, 2.45) is 0 Å². The van der Waals surface area contributed by atoms with Crippen LogP contribution in [0, 0.1) is 25.2 Å². The number of aromatic nitrogens is 1. The molecule has 1 aliphatic rings. The molecular weight excluding hydrogens is 312 g/mol. The molecule has 5 nitrogen and oxygen atoms in total. The van der Waals surface area contributed by atoms with Crippen LogP contribution in [0.3, 0.4) is 0 Å². The Kier molecular flexibility index (Phi) is 4.91. The molecule has 1 N–H and O–H groups in total. The fourth-order valence-corrected chi connectivity index (χ4v) is 3.14. The van der Waals surface area contributed by atoms with Gasteiger partial charge < -0.3 is 9.88 Å². The van der Waals surface area contributed by atoms with Crippen LogP contribution in [0.4, 0.5) is 5.82 Å².